The minimum absolute atomic E-state index is 0.00963. The fourth-order valence-electron chi connectivity index (χ4n) is 3.77. The van der Waals surface area contributed by atoms with E-state index in [-0.39, 0.29) is 13.2 Å². The van der Waals surface area contributed by atoms with E-state index in [1.807, 2.05) is 30.3 Å². The largest absolute Gasteiger partial charge is 0.396 e. The molecule has 0 spiro atoms. The first kappa shape index (κ1) is 21.5. The summed E-state index contributed by atoms with van der Waals surface area (Å²) >= 11 is 0. The quantitative estimate of drug-likeness (QED) is 0.495. The van der Waals surface area contributed by atoms with Crippen molar-refractivity contribution in [1.29, 1.82) is 0 Å². The number of anilines is 3. The summed E-state index contributed by atoms with van der Waals surface area (Å²) in [7, 11) is 0. The number of carbonyl (C=O) groups excluding carboxylic acids is 2. The number of aliphatic hydroxyl groups is 2. The fourth-order valence-corrected chi connectivity index (χ4v) is 3.77. The molecule has 30 heavy (non-hydrogen) atoms. The summed E-state index contributed by atoms with van der Waals surface area (Å²) in [4.78, 5) is 28.0. The molecule has 6 nitrogen and oxygen atoms in total. The molecule has 2 N–H and O–H groups in total. The zero-order chi connectivity index (χ0) is 21.7. The van der Waals surface area contributed by atoms with Gasteiger partial charge in [0.2, 0.25) is 6.41 Å². The van der Waals surface area contributed by atoms with Crippen molar-refractivity contribution in [2.24, 2.45) is 5.92 Å². The molecule has 2 amide bonds. The molecule has 2 aromatic carbocycles. The van der Waals surface area contributed by atoms with Crippen LogP contribution in [0.3, 0.4) is 0 Å². The van der Waals surface area contributed by atoms with Crippen molar-refractivity contribution < 1.29 is 19.8 Å². The average Bonchev–Trinajstić information content (AvgIpc) is 2.98. The highest BCUT2D eigenvalue weighted by atomic mass is 16.3. The van der Waals surface area contributed by atoms with Crippen LogP contribution in [0.15, 0.2) is 73.3 Å². The van der Waals surface area contributed by atoms with Crippen LogP contribution in [-0.2, 0) is 15.2 Å². The maximum absolute atomic E-state index is 13.2. The molecule has 1 heterocycles. The molecule has 0 aliphatic carbocycles. The number of aliphatic hydroxyl groups excluding tert-OH is 1. The number of carbonyl (C=O) groups is 2. The van der Waals surface area contributed by atoms with Gasteiger partial charge in [0, 0.05) is 36.0 Å². The van der Waals surface area contributed by atoms with Crippen molar-refractivity contribution in [2.75, 3.05) is 23.0 Å². The zero-order valence-corrected chi connectivity index (χ0v) is 16.9. The van der Waals surface area contributed by atoms with Crippen molar-refractivity contribution >= 4 is 29.4 Å². The molecule has 1 aliphatic heterocycles. The fraction of sp³-hybridized carbons (Fsp3) is 0.250. The summed E-state index contributed by atoms with van der Waals surface area (Å²) in [5.74, 6) is -0.977. The van der Waals surface area contributed by atoms with Crippen molar-refractivity contribution in [1.82, 2.24) is 0 Å². The van der Waals surface area contributed by atoms with Crippen molar-refractivity contribution in [3.05, 3.63) is 78.9 Å². The van der Waals surface area contributed by atoms with Crippen molar-refractivity contribution in [3.63, 3.8) is 0 Å². The lowest BCUT2D eigenvalue weighted by Crippen LogP contribution is -2.44. The Morgan fingerprint density at radius 2 is 1.93 bits per heavy atom. The molecule has 0 radical (unpaired) electrons. The van der Waals surface area contributed by atoms with Crippen molar-refractivity contribution in [2.45, 2.75) is 18.9 Å². The summed E-state index contributed by atoms with van der Waals surface area (Å²) in [6.07, 6.45) is 6.23. The van der Waals surface area contributed by atoms with Gasteiger partial charge in [-0.15, -0.1) is 6.58 Å². The number of fused-ring (bicyclic) bond motifs is 1. The Morgan fingerprint density at radius 1 is 1.20 bits per heavy atom. The molecule has 0 saturated carbocycles. The van der Waals surface area contributed by atoms with Gasteiger partial charge in [-0.1, -0.05) is 43.4 Å². The van der Waals surface area contributed by atoms with Crippen LogP contribution >= 0.6 is 0 Å². The summed E-state index contributed by atoms with van der Waals surface area (Å²) in [5.41, 5.74) is 0.474. The van der Waals surface area contributed by atoms with Crippen LogP contribution in [0.1, 0.15) is 18.9 Å². The Bertz CT molecular complexity index is 957. The van der Waals surface area contributed by atoms with Crippen LogP contribution in [0, 0.1) is 5.92 Å². The van der Waals surface area contributed by atoms with Crippen LogP contribution in [0.25, 0.3) is 0 Å². The topological polar surface area (TPSA) is 81.1 Å². The van der Waals surface area contributed by atoms with Crippen LogP contribution < -0.4 is 9.80 Å². The molecule has 156 valence electrons. The maximum Gasteiger partial charge on any atom is 0.264 e. The van der Waals surface area contributed by atoms with Gasteiger partial charge < -0.3 is 15.1 Å². The van der Waals surface area contributed by atoms with Gasteiger partial charge in [0.1, 0.15) is 0 Å². The monoisotopic (exact) mass is 406 g/mol. The average molecular weight is 406 g/mol. The number of benzene rings is 2. The Balaban J connectivity index is 2.11. The van der Waals surface area contributed by atoms with E-state index in [1.165, 1.54) is 9.80 Å². The predicted molar refractivity (Wildman–Crippen MR) is 118 cm³/mol. The molecule has 2 atom stereocenters. The minimum atomic E-state index is -1.79. The van der Waals surface area contributed by atoms with Crippen LogP contribution in [0.2, 0.25) is 0 Å². The number of hydrogen-bond acceptors (Lipinski definition) is 4. The van der Waals surface area contributed by atoms with E-state index < -0.39 is 17.4 Å². The standard InChI is InChI=1S/C24H26N2O4/c1-3-14-25-22-13-12-20(26(17-28)19-10-5-4-6-11-19)16-21(22)24(30,23(25)29)18(2)9-7-8-15-27/h3-7,9-13,16-18,27,30H,1,8,14-15H2,2H3/b9-7+/t18-,24+/m0/s1. The van der Waals surface area contributed by atoms with Gasteiger partial charge in [0.25, 0.3) is 5.91 Å². The maximum atomic E-state index is 13.2. The molecular weight excluding hydrogens is 380 g/mol. The van der Waals surface area contributed by atoms with Gasteiger partial charge in [0.05, 0.1) is 5.69 Å². The molecule has 2 aromatic rings. The van der Waals surface area contributed by atoms with E-state index in [2.05, 4.69) is 6.58 Å². The van der Waals surface area contributed by atoms with E-state index >= 15 is 0 Å². The Hall–Kier alpha value is -3.22. The molecule has 6 heteroatoms. The Labute approximate surface area is 176 Å². The van der Waals surface area contributed by atoms with Crippen LogP contribution in [0.4, 0.5) is 17.1 Å². The Morgan fingerprint density at radius 3 is 2.57 bits per heavy atom. The molecular formula is C24H26N2O4. The number of para-hydroxylation sites is 1. The molecule has 0 aromatic heterocycles. The second kappa shape index (κ2) is 9.07. The van der Waals surface area contributed by atoms with E-state index in [4.69, 9.17) is 5.11 Å². The van der Waals surface area contributed by atoms with Gasteiger partial charge in [-0.3, -0.25) is 14.5 Å². The third-order valence-corrected chi connectivity index (χ3v) is 5.36. The van der Waals surface area contributed by atoms with Gasteiger partial charge in [0.15, 0.2) is 5.60 Å². The van der Waals surface area contributed by atoms with Gasteiger partial charge in [-0.25, -0.2) is 0 Å². The van der Waals surface area contributed by atoms with Crippen LogP contribution in [-0.4, -0.2) is 35.7 Å². The highest BCUT2D eigenvalue weighted by Crippen LogP contribution is 2.47. The van der Waals surface area contributed by atoms with Crippen LogP contribution in [0.5, 0.6) is 0 Å². The summed E-state index contributed by atoms with van der Waals surface area (Å²) < 4.78 is 0. The number of nitrogens with zero attached hydrogens (tertiary/aromatic N) is 2. The Kier molecular flexibility index (Phi) is 6.50. The minimum Gasteiger partial charge on any atom is -0.396 e. The van der Waals surface area contributed by atoms with E-state index in [0.29, 0.717) is 35.5 Å². The zero-order valence-electron chi connectivity index (χ0n) is 16.9. The highest BCUT2D eigenvalue weighted by Gasteiger charge is 2.52. The second-order valence-electron chi connectivity index (χ2n) is 7.21. The van der Waals surface area contributed by atoms with Crippen molar-refractivity contribution in [3.8, 4) is 0 Å². The first-order valence-electron chi connectivity index (χ1n) is 9.85. The molecule has 0 fully saturated rings. The lowest BCUT2D eigenvalue weighted by atomic mass is 9.82. The summed E-state index contributed by atoms with van der Waals surface area (Å²) in [6.45, 7) is 5.72. The lowest BCUT2D eigenvalue weighted by molar-refractivity contribution is -0.139. The predicted octanol–water partition coefficient (Wildman–Crippen LogP) is 3.28. The number of rotatable bonds is 9. The molecule has 0 saturated heterocycles. The third-order valence-electron chi connectivity index (χ3n) is 5.36. The first-order valence-corrected chi connectivity index (χ1v) is 9.85. The van der Waals surface area contributed by atoms with Gasteiger partial charge in [-0.05, 0) is 36.8 Å². The molecule has 1 aliphatic rings. The van der Waals surface area contributed by atoms with E-state index in [9.17, 15) is 14.7 Å². The van der Waals surface area contributed by atoms with E-state index in [1.54, 1.807) is 43.4 Å². The third kappa shape index (κ3) is 3.67. The molecule has 3 rings (SSSR count). The normalized spacial score (nSPS) is 19.0. The van der Waals surface area contributed by atoms with E-state index in [0.717, 1.165) is 0 Å². The number of amides is 2. The molecule has 0 unspecified atom stereocenters. The summed E-state index contributed by atoms with van der Waals surface area (Å²) in [5, 5.41) is 20.6. The SMILES string of the molecule is C=CCN1C(=O)[C@@](O)([C@@H](C)/C=C/CCO)c2cc(N(C=O)c3ccccc3)ccc21. The summed E-state index contributed by atoms with van der Waals surface area (Å²) in [6, 6.07) is 14.3. The lowest BCUT2D eigenvalue weighted by Gasteiger charge is -2.28. The number of hydrogen-bond donors (Lipinski definition) is 2. The first-order chi connectivity index (χ1) is 14.5. The van der Waals surface area contributed by atoms with Gasteiger partial charge in [-0.2, -0.15) is 0 Å². The highest BCUT2D eigenvalue weighted by molar-refractivity contribution is 6.08. The second-order valence-corrected chi connectivity index (χ2v) is 7.21. The van der Waals surface area contributed by atoms with Gasteiger partial charge >= 0.3 is 0 Å². The smallest absolute Gasteiger partial charge is 0.264 e. The molecule has 0 bridgehead atoms.